The highest BCUT2D eigenvalue weighted by atomic mass is 35.5. The fraction of sp³-hybridized carbons (Fsp3) is 0.100. The van der Waals surface area contributed by atoms with Crippen molar-refractivity contribution in [1.82, 2.24) is 14.6 Å². The van der Waals surface area contributed by atoms with Crippen LogP contribution >= 0.6 is 11.6 Å². The quantitative estimate of drug-likeness (QED) is 0.550. The summed E-state index contributed by atoms with van der Waals surface area (Å²) in [6.07, 6.45) is 2.27. The van der Waals surface area contributed by atoms with Gasteiger partial charge in [0.25, 0.3) is 0 Å². The summed E-state index contributed by atoms with van der Waals surface area (Å²) >= 11 is 5.98. The van der Waals surface area contributed by atoms with Crippen LogP contribution in [0.5, 0.6) is 11.6 Å². The summed E-state index contributed by atoms with van der Waals surface area (Å²) in [5.74, 6) is -0.271. The van der Waals surface area contributed by atoms with E-state index in [9.17, 15) is 9.50 Å². The van der Waals surface area contributed by atoms with E-state index in [1.807, 2.05) is 24.3 Å². The Morgan fingerprint density at radius 1 is 1.11 bits per heavy atom. The predicted molar refractivity (Wildman–Crippen MR) is 101 cm³/mol. The Bertz CT molecular complexity index is 1090. The van der Waals surface area contributed by atoms with E-state index in [1.54, 1.807) is 22.8 Å². The highest BCUT2D eigenvalue weighted by Gasteiger charge is 2.11. The molecule has 5 nitrogen and oxygen atoms in total. The molecule has 2 aromatic heterocycles. The number of rotatable bonds is 5. The van der Waals surface area contributed by atoms with E-state index in [2.05, 4.69) is 10.1 Å². The molecular weight excluding hydrogens is 369 g/mol. The number of benzene rings is 2. The summed E-state index contributed by atoms with van der Waals surface area (Å²) in [4.78, 5) is 4.26. The predicted octanol–water partition coefficient (Wildman–Crippen LogP) is 4.52. The van der Waals surface area contributed by atoms with Gasteiger partial charge in [-0.05, 0) is 35.9 Å². The molecule has 0 unspecified atom stereocenters. The van der Waals surface area contributed by atoms with Gasteiger partial charge in [0, 0.05) is 29.1 Å². The number of hydrogen-bond acceptors (Lipinski definition) is 4. The van der Waals surface area contributed by atoms with Crippen molar-refractivity contribution in [3.63, 3.8) is 0 Å². The molecule has 0 spiro atoms. The molecule has 0 radical (unpaired) electrons. The van der Waals surface area contributed by atoms with Gasteiger partial charge in [-0.15, -0.1) is 5.10 Å². The van der Waals surface area contributed by atoms with Crippen LogP contribution < -0.4 is 4.74 Å². The molecule has 0 aliphatic rings. The summed E-state index contributed by atoms with van der Waals surface area (Å²) in [7, 11) is 0. The largest absolute Gasteiger partial charge is 0.508 e. The third-order valence-corrected chi connectivity index (χ3v) is 4.28. The van der Waals surface area contributed by atoms with Gasteiger partial charge in [-0.3, -0.25) is 0 Å². The van der Waals surface area contributed by atoms with Crippen LogP contribution in [-0.2, 0) is 6.42 Å². The maximum Gasteiger partial charge on any atom is 0.231 e. The van der Waals surface area contributed by atoms with Gasteiger partial charge >= 0.3 is 0 Å². The van der Waals surface area contributed by atoms with Crippen molar-refractivity contribution in [2.24, 2.45) is 0 Å². The van der Waals surface area contributed by atoms with Crippen molar-refractivity contribution in [3.05, 3.63) is 77.2 Å². The van der Waals surface area contributed by atoms with Gasteiger partial charge < -0.3 is 9.84 Å². The third-order valence-electron chi connectivity index (χ3n) is 4.05. The molecule has 1 N–H and O–H groups in total. The van der Waals surface area contributed by atoms with E-state index in [0.717, 1.165) is 11.6 Å². The highest BCUT2D eigenvalue weighted by molar-refractivity contribution is 6.30. The second-order valence-corrected chi connectivity index (χ2v) is 6.45. The van der Waals surface area contributed by atoms with Crippen LogP contribution in [0.1, 0.15) is 5.56 Å². The molecule has 4 rings (SSSR count). The van der Waals surface area contributed by atoms with Crippen molar-refractivity contribution >= 4 is 17.2 Å². The highest BCUT2D eigenvalue weighted by Crippen LogP contribution is 2.26. The zero-order valence-corrected chi connectivity index (χ0v) is 14.9. The molecular formula is C20H15ClFN3O2. The second-order valence-electron chi connectivity index (χ2n) is 6.01. The van der Waals surface area contributed by atoms with E-state index < -0.39 is 5.82 Å². The van der Waals surface area contributed by atoms with Crippen molar-refractivity contribution in [2.45, 2.75) is 6.42 Å². The number of hydrogen-bond donors (Lipinski definition) is 1. The topological polar surface area (TPSA) is 59.7 Å². The lowest BCUT2D eigenvalue weighted by molar-refractivity contribution is 0.305. The van der Waals surface area contributed by atoms with E-state index in [0.29, 0.717) is 40.8 Å². The SMILES string of the molecule is Oc1cc(F)cc(-c2cnc3ccc(OCCc4cccc(Cl)c4)nn23)c1. The molecule has 0 aliphatic carbocycles. The Morgan fingerprint density at radius 2 is 2.00 bits per heavy atom. The van der Waals surface area contributed by atoms with Gasteiger partial charge in [0.2, 0.25) is 5.88 Å². The molecule has 0 bridgehead atoms. The number of nitrogens with zero attached hydrogens (tertiary/aromatic N) is 3. The summed E-state index contributed by atoms with van der Waals surface area (Å²) < 4.78 is 20.9. The number of imidazole rings is 1. The van der Waals surface area contributed by atoms with E-state index >= 15 is 0 Å². The molecule has 0 saturated heterocycles. The molecule has 0 aliphatic heterocycles. The summed E-state index contributed by atoms with van der Waals surface area (Å²) in [5.41, 5.74) is 2.70. The lowest BCUT2D eigenvalue weighted by Crippen LogP contribution is -2.05. The average Bonchev–Trinajstić information content (AvgIpc) is 3.04. The molecule has 2 heterocycles. The van der Waals surface area contributed by atoms with Gasteiger partial charge in [-0.1, -0.05) is 23.7 Å². The fourth-order valence-electron chi connectivity index (χ4n) is 2.82. The average molecular weight is 384 g/mol. The summed E-state index contributed by atoms with van der Waals surface area (Å²) in [5, 5.41) is 14.7. The molecule has 136 valence electrons. The van der Waals surface area contributed by atoms with Crippen LogP contribution in [-0.4, -0.2) is 26.3 Å². The van der Waals surface area contributed by atoms with Crippen LogP contribution in [0.4, 0.5) is 4.39 Å². The first-order valence-corrected chi connectivity index (χ1v) is 8.68. The van der Waals surface area contributed by atoms with Gasteiger partial charge in [0.1, 0.15) is 11.6 Å². The molecule has 0 saturated carbocycles. The first kappa shape index (κ1) is 17.3. The minimum Gasteiger partial charge on any atom is -0.508 e. The smallest absolute Gasteiger partial charge is 0.231 e. The molecule has 27 heavy (non-hydrogen) atoms. The van der Waals surface area contributed by atoms with E-state index in [-0.39, 0.29) is 5.75 Å². The number of aromatic nitrogens is 3. The Hall–Kier alpha value is -3.12. The minimum atomic E-state index is -0.533. The Labute approximate surface area is 159 Å². The standard InChI is InChI=1S/C20H15ClFN3O2/c21-15-3-1-2-13(8-15)6-7-27-20-5-4-19-23-12-18(25(19)24-20)14-9-16(22)11-17(26)10-14/h1-5,8-12,26H,6-7H2. The van der Waals surface area contributed by atoms with Gasteiger partial charge in [-0.25, -0.2) is 13.9 Å². The normalized spacial score (nSPS) is 11.0. The van der Waals surface area contributed by atoms with Crippen molar-refractivity contribution in [3.8, 4) is 22.9 Å². The van der Waals surface area contributed by atoms with Gasteiger partial charge in [0.05, 0.1) is 18.5 Å². The minimum absolute atomic E-state index is 0.158. The van der Waals surface area contributed by atoms with E-state index in [4.69, 9.17) is 16.3 Å². The lowest BCUT2D eigenvalue weighted by Gasteiger charge is -2.07. The van der Waals surface area contributed by atoms with Crippen molar-refractivity contribution in [1.29, 1.82) is 0 Å². The Balaban J connectivity index is 1.56. The number of phenols is 1. The molecule has 0 fully saturated rings. The summed E-state index contributed by atoms with van der Waals surface area (Å²) in [6, 6.07) is 14.9. The van der Waals surface area contributed by atoms with Crippen molar-refractivity contribution in [2.75, 3.05) is 6.61 Å². The zero-order valence-electron chi connectivity index (χ0n) is 14.1. The number of fused-ring (bicyclic) bond motifs is 1. The van der Waals surface area contributed by atoms with Gasteiger partial charge in [0.15, 0.2) is 5.65 Å². The monoisotopic (exact) mass is 383 g/mol. The summed E-state index contributed by atoms with van der Waals surface area (Å²) in [6.45, 7) is 0.434. The molecule has 7 heteroatoms. The van der Waals surface area contributed by atoms with Crippen LogP contribution in [0.3, 0.4) is 0 Å². The number of aromatic hydroxyl groups is 1. The first-order chi connectivity index (χ1) is 13.1. The molecule has 4 aromatic rings. The van der Waals surface area contributed by atoms with Crippen LogP contribution in [0.15, 0.2) is 60.8 Å². The Kier molecular flexibility index (Phi) is 4.64. The number of halogens is 2. The number of ether oxygens (including phenoxy) is 1. The lowest BCUT2D eigenvalue weighted by atomic mass is 10.1. The van der Waals surface area contributed by atoms with Gasteiger partial charge in [-0.2, -0.15) is 0 Å². The molecule has 0 amide bonds. The van der Waals surface area contributed by atoms with E-state index in [1.165, 1.54) is 12.1 Å². The zero-order chi connectivity index (χ0) is 18.8. The second kappa shape index (κ2) is 7.25. The van der Waals surface area contributed by atoms with Crippen molar-refractivity contribution < 1.29 is 14.2 Å². The maximum absolute atomic E-state index is 13.6. The fourth-order valence-corrected chi connectivity index (χ4v) is 3.03. The maximum atomic E-state index is 13.6. The van der Waals surface area contributed by atoms with Crippen LogP contribution in [0.2, 0.25) is 5.02 Å². The van der Waals surface area contributed by atoms with Crippen LogP contribution in [0, 0.1) is 5.82 Å². The third kappa shape index (κ3) is 3.85. The number of phenolic OH excluding ortho intramolecular Hbond substituents is 1. The molecule has 0 atom stereocenters. The van der Waals surface area contributed by atoms with Crippen LogP contribution in [0.25, 0.3) is 16.9 Å². The first-order valence-electron chi connectivity index (χ1n) is 8.30. The molecule has 2 aromatic carbocycles. The Morgan fingerprint density at radius 3 is 2.81 bits per heavy atom.